The lowest BCUT2D eigenvalue weighted by Gasteiger charge is -2.21. The van der Waals surface area contributed by atoms with E-state index in [1.807, 2.05) is 25.3 Å². The highest BCUT2D eigenvalue weighted by Gasteiger charge is 2.17. The first-order valence-electron chi connectivity index (χ1n) is 7.61. The third-order valence-corrected chi connectivity index (χ3v) is 5.40. The molecule has 3 rings (SSSR count). The van der Waals surface area contributed by atoms with E-state index in [2.05, 4.69) is 20.6 Å². The molecular weight excluding hydrogens is 381 g/mol. The van der Waals surface area contributed by atoms with Crippen molar-refractivity contribution in [3.05, 3.63) is 40.4 Å². The minimum atomic E-state index is 0.0468. The van der Waals surface area contributed by atoms with Gasteiger partial charge in [0, 0.05) is 26.9 Å². The highest BCUT2D eigenvalue weighted by Crippen LogP contribution is 2.26. The van der Waals surface area contributed by atoms with Crippen molar-refractivity contribution in [2.24, 2.45) is 0 Å². The topological polar surface area (TPSA) is 75.3 Å². The number of hydrogen-bond acceptors (Lipinski definition) is 6. The van der Waals surface area contributed by atoms with Gasteiger partial charge < -0.3 is 10.4 Å². The molecule has 2 N–H and O–H groups in total. The Morgan fingerprint density at radius 3 is 2.56 bits per heavy atom. The summed E-state index contributed by atoms with van der Waals surface area (Å²) in [6.45, 7) is 2.10. The Morgan fingerprint density at radius 1 is 1.20 bits per heavy atom. The van der Waals surface area contributed by atoms with Crippen molar-refractivity contribution >= 4 is 46.4 Å². The number of nitrogens with one attached hydrogen (secondary N) is 1. The zero-order chi connectivity index (χ0) is 18.0. The highest BCUT2D eigenvalue weighted by atomic mass is 35.5. The van der Waals surface area contributed by atoms with Gasteiger partial charge in [-0.15, -0.1) is 15.3 Å². The van der Waals surface area contributed by atoms with Crippen molar-refractivity contribution in [2.45, 2.75) is 18.2 Å². The molecule has 2 unspecified atom stereocenters. The van der Waals surface area contributed by atoms with Crippen LogP contribution in [0.15, 0.2) is 30.3 Å². The first kappa shape index (κ1) is 18.3. The van der Waals surface area contributed by atoms with E-state index in [0.29, 0.717) is 27.3 Å². The summed E-state index contributed by atoms with van der Waals surface area (Å²) in [4.78, 5) is 0. The summed E-state index contributed by atoms with van der Waals surface area (Å²) < 4.78 is 1.64. The van der Waals surface area contributed by atoms with E-state index < -0.39 is 0 Å². The summed E-state index contributed by atoms with van der Waals surface area (Å²) in [6.07, 6.45) is 1.97. The molecule has 1 aromatic carbocycles. The van der Waals surface area contributed by atoms with Crippen molar-refractivity contribution in [2.75, 3.05) is 18.2 Å². The van der Waals surface area contributed by atoms with Gasteiger partial charge in [-0.3, -0.25) is 0 Å². The first-order chi connectivity index (χ1) is 12.0. The Bertz CT molecular complexity index is 864. The molecule has 0 fully saturated rings. The third-order valence-electron chi connectivity index (χ3n) is 3.80. The quantitative estimate of drug-likeness (QED) is 0.661. The molecule has 132 valence electrons. The van der Waals surface area contributed by atoms with Gasteiger partial charge in [-0.05, 0) is 43.5 Å². The van der Waals surface area contributed by atoms with Crippen molar-refractivity contribution in [1.29, 1.82) is 0 Å². The number of benzene rings is 1. The molecule has 0 saturated carbocycles. The van der Waals surface area contributed by atoms with E-state index in [-0.39, 0.29) is 17.9 Å². The summed E-state index contributed by atoms with van der Waals surface area (Å²) in [5.74, 6) is 1.22. The third kappa shape index (κ3) is 4.00. The van der Waals surface area contributed by atoms with E-state index in [9.17, 15) is 5.11 Å². The van der Waals surface area contributed by atoms with Crippen LogP contribution in [0.3, 0.4) is 0 Å². The Morgan fingerprint density at radius 2 is 1.92 bits per heavy atom. The van der Waals surface area contributed by atoms with Gasteiger partial charge in [0.25, 0.3) is 0 Å². The van der Waals surface area contributed by atoms with Crippen LogP contribution in [0, 0.1) is 0 Å². The number of aromatic nitrogens is 4. The SMILES string of the molecule is CSC(CO)C(C)Nc1ccc2nnc(-c3cc(Cl)cc(Cl)c3)n2n1. The molecular formula is C16H17Cl2N5OS. The second kappa shape index (κ2) is 7.78. The lowest BCUT2D eigenvalue weighted by molar-refractivity contribution is 0.288. The fourth-order valence-corrected chi connectivity index (χ4v) is 3.64. The number of halogens is 2. The maximum Gasteiger partial charge on any atom is 0.185 e. The molecule has 2 heterocycles. The fourth-order valence-electron chi connectivity index (χ4n) is 2.49. The van der Waals surface area contributed by atoms with Gasteiger partial charge in [-0.1, -0.05) is 23.2 Å². The number of anilines is 1. The molecule has 0 saturated heterocycles. The number of nitrogens with zero attached hydrogens (tertiary/aromatic N) is 4. The Labute approximate surface area is 159 Å². The van der Waals surface area contributed by atoms with Crippen molar-refractivity contribution in [3.8, 4) is 11.4 Å². The van der Waals surface area contributed by atoms with E-state index in [0.717, 1.165) is 5.56 Å². The number of rotatable bonds is 6. The number of aliphatic hydroxyl groups is 1. The minimum absolute atomic E-state index is 0.0468. The summed E-state index contributed by atoms with van der Waals surface area (Å²) in [5, 5.41) is 26.7. The second-order valence-corrected chi connectivity index (χ2v) is 7.51. The summed E-state index contributed by atoms with van der Waals surface area (Å²) in [6, 6.07) is 8.91. The van der Waals surface area contributed by atoms with E-state index in [1.165, 1.54) is 0 Å². The van der Waals surface area contributed by atoms with Crippen LogP contribution in [0.2, 0.25) is 10.0 Å². The smallest absolute Gasteiger partial charge is 0.185 e. The molecule has 2 aromatic heterocycles. The van der Waals surface area contributed by atoms with Crippen molar-refractivity contribution in [1.82, 2.24) is 19.8 Å². The van der Waals surface area contributed by atoms with Crippen LogP contribution in [0.4, 0.5) is 5.82 Å². The van der Waals surface area contributed by atoms with Gasteiger partial charge in [0.15, 0.2) is 11.5 Å². The minimum Gasteiger partial charge on any atom is -0.395 e. The van der Waals surface area contributed by atoms with Crippen LogP contribution in [0.1, 0.15) is 6.92 Å². The Hall–Kier alpha value is -1.54. The normalized spacial score (nSPS) is 13.8. The number of hydrogen-bond donors (Lipinski definition) is 2. The maximum absolute atomic E-state index is 9.43. The molecule has 2 atom stereocenters. The van der Waals surface area contributed by atoms with E-state index >= 15 is 0 Å². The summed E-state index contributed by atoms with van der Waals surface area (Å²) in [7, 11) is 0. The monoisotopic (exact) mass is 397 g/mol. The molecule has 0 radical (unpaired) electrons. The van der Waals surface area contributed by atoms with E-state index in [1.54, 1.807) is 34.5 Å². The molecule has 0 amide bonds. The van der Waals surface area contributed by atoms with E-state index in [4.69, 9.17) is 23.2 Å². The summed E-state index contributed by atoms with van der Waals surface area (Å²) >= 11 is 13.8. The maximum atomic E-state index is 9.43. The molecule has 0 bridgehead atoms. The molecule has 0 aliphatic heterocycles. The Balaban J connectivity index is 1.97. The van der Waals surface area contributed by atoms with Crippen LogP contribution in [0.25, 0.3) is 17.0 Å². The van der Waals surface area contributed by atoms with Gasteiger partial charge in [0.05, 0.1) is 6.61 Å². The van der Waals surface area contributed by atoms with Crippen molar-refractivity contribution < 1.29 is 5.11 Å². The van der Waals surface area contributed by atoms with Gasteiger partial charge in [0.2, 0.25) is 0 Å². The number of fused-ring (bicyclic) bond motifs is 1. The molecule has 6 nitrogen and oxygen atoms in total. The standard InChI is InChI=1S/C16H17Cl2N5OS/c1-9(13(8-24)25-2)19-14-3-4-15-20-21-16(23(15)22-14)10-5-11(17)7-12(18)6-10/h3-7,9,13,24H,8H2,1-2H3,(H,19,22). The highest BCUT2D eigenvalue weighted by molar-refractivity contribution is 7.99. The van der Waals surface area contributed by atoms with Gasteiger partial charge in [-0.25, -0.2) is 0 Å². The predicted octanol–water partition coefficient (Wildman–Crippen LogP) is 3.62. The van der Waals surface area contributed by atoms with Gasteiger partial charge in [-0.2, -0.15) is 16.3 Å². The Kier molecular flexibility index (Phi) is 5.68. The van der Waals surface area contributed by atoms with Crippen LogP contribution >= 0.6 is 35.0 Å². The van der Waals surface area contributed by atoms with Crippen LogP contribution < -0.4 is 5.32 Å². The zero-order valence-electron chi connectivity index (χ0n) is 13.6. The lowest BCUT2D eigenvalue weighted by atomic mass is 10.2. The lowest BCUT2D eigenvalue weighted by Crippen LogP contribution is -2.31. The largest absolute Gasteiger partial charge is 0.395 e. The fraction of sp³-hybridized carbons (Fsp3) is 0.312. The molecule has 3 aromatic rings. The molecule has 0 aliphatic carbocycles. The molecule has 0 spiro atoms. The number of thioether (sulfide) groups is 1. The van der Waals surface area contributed by atoms with Gasteiger partial charge >= 0.3 is 0 Å². The van der Waals surface area contributed by atoms with Crippen molar-refractivity contribution in [3.63, 3.8) is 0 Å². The average molecular weight is 398 g/mol. The van der Waals surface area contributed by atoms with Crippen LogP contribution in [-0.2, 0) is 0 Å². The van der Waals surface area contributed by atoms with Crippen LogP contribution in [-0.4, -0.2) is 49.1 Å². The van der Waals surface area contributed by atoms with Crippen LogP contribution in [0.5, 0.6) is 0 Å². The number of aliphatic hydroxyl groups excluding tert-OH is 1. The average Bonchev–Trinajstić information content (AvgIpc) is 2.98. The predicted molar refractivity (Wildman–Crippen MR) is 104 cm³/mol. The van der Waals surface area contributed by atoms with Gasteiger partial charge in [0.1, 0.15) is 5.82 Å². The second-order valence-electron chi connectivity index (χ2n) is 5.56. The molecule has 25 heavy (non-hydrogen) atoms. The first-order valence-corrected chi connectivity index (χ1v) is 9.65. The molecule has 0 aliphatic rings. The zero-order valence-corrected chi connectivity index (χ0v) is 16.0. The molecule has 9 heteroatoms. The summed E-state index contributed by atoms with van der Waals surface area (Å²) in [5.41, 5.74) is 1.35.